The van der Waals surface area contributed by atoms with Crippen LogP contribution in [0.1, 0.15) is 54.4 Å². The second-order valence-electron chi connectivity index (χ2n) is 11.0. The van der Waals surface area contributed by atoms with Gasteiger partial charge in [0.1, 0.15) is 17.2 Å². The molecule has 0 aromatic carbocycles. The third kappa shape index (κ3) is 4.36. The van der Waals surface area contributed by atoms with Crippen molar-refractivity contribution in [1.82, 2.24) is 0 Å². The van der Waals surface area contributed by atoms with Crippen molar-refractivity contribution in [2.24, 2.45) is 22.2 Å². The first-order valence-corrected chi connectivity index (χ1v) is 13.3. The molecule has 0 amide bonds. The molecule has 25 heavy (non-hydrogen) atoms. The molecule has 1 N–H and O–H groups in total. The van der Waals surface area contributed by atoms with Gasteiger partial charge < -0.3 is 9.84 Å². The molecule has 0 heterocycles. The van der Waals surface area contributed by atoms with Crippen LogP contribution in [-0.2, 0) is 9.53 Å². The van der Waals surface area contributed by atoms with E-state index in [-0.39, 0.29) is 17.3 Å². The zero-order valence-corrected chi connectivity index (χ0v) is 18.6. The van der Waals surface area contributed by atoms with Crippen LogP contribution in [-0.4, -0.2) is 42.1 Å². The van der Waals surface area contributed by atoms with E-state index in [2.05, 4.69) is 33.5 Å². The summed E-state index contributed by atoms with van der Waals surface area (Å²) >= 11 is 0. The zero-order valence-electron chi connectivity index (χ0n) is 17.6. The lowest BCUT2D eigenvalue weighted by atomic mass is 9.44. The molecule has 0 aliphatic heterocycles. The number of hydrogen-bond donors (Lipinski definition) is 1. The number of rotatable bonds is 4. The van der Waals surface area contributed by atoms with Gasteiger partial charge in [-0.3, -0.25) is 4.99 Å². The van der Waals surface area contributed by atoms with Crippen molar-refractivity contribution in [1.29, 1.82) is 0 Å². The normalized spacial score (nSPS) is 34.4. The van der Waals surface area contributed by atoms with Gasteiger partial charge in [-0.15, -0.1) is 0 Å². The van der Waals surface area contributed by atoms with Gasteiger partial charge in [-0.25, -0.2) is 4.79 Å². The highest BCUT2D eigenvalue weighted by Gasteiger charge is 2.61. The molecule has 0 spiro atoms. The van der Waals surface area contributed by atoms with Gasteiger partial charge in [0.25, 0.3) is 0 Å². The molecule has 3 aliphatic carbocycles. The molecule has 3 saturated carbocycles. The van der Waals surface area contributed by atoms with Gasteiger partial charge in [0.15, 0.2) is 0 Å². The van der Waals surface area contributed by atoms with Crippen LogP contribution in [0.25, 0.3) is 0 Å². The monoisotopic (exact) mass is 367 g/mol. The summed E-state index contributed by atoms with van der Waals surface area (Å²) in [5, 5.41) is 11.2. The van der Waals surface area contributed by atoms with Gasteiger partial charge in [0.2, 0.25) is 0 Å². The van der Waals surface area contributed by atoms with Crippen molar-refractivity contribution in [2.75, 3.05) is 0 Å². The van der Waals surface area contributed by atoms with E-state index in [1.807, 2.05) is 27.7 Å². The van der Waals surface area contributed by atoms with Crippen LogP contribution in [0.5, 0.6) is 0 Å². The molecule has 2 bridgehead atoms. The van der Waals surface area contributed by atoms with Crippen molar-refractivity contribution in [3.63, 3.8) is 0 Å². The van der Waals surface area contributed by atoms with Gasteiger partial charge in [0.05, 0.1) is 0 Å². The Kier molecular flexibility index (Phi) is 5.11. The van der Waals surface area contributed by atoms with Gasteiger partial charge in [-0.05, 0) is 63.8 Å². The lowest BCUT2D eigenvalue weighted by molar-refractivity contribution is -0.156. The van der Waals surface area contributed by atoms with E-state index in [1.165, 1.54) is 0 Å². The summed E-state index contributed by atoms with van der Waals surface area (Å²) < 4.78 is 5.63. The van der Waals surface area contributed by atoms with E-state index in [4.69, 9.17) is 9.73 Å². The minimum Gasteiger partial charge on any atom is -0.458 e. The molecule has 0 radical (unpaired) electrons. The maximum atomic E-state index is 12.8. The standard InChI is InChI=1S/C20H37NO3Si/c1-18(2,3)24-17(22)14(12-25(7,8)9)21-16-11-13-10-15(19(13,4)5)20(16,6)23/h13-15,23H,10-12H2,1-9H3/b21-16-/t13-,14+,15-,20-/m1/s1. The first-order valence-electron chi connectivity index (χ1n) is 9.56. The van der Waals surface area contributed by atoms with Crippen molar-refractivity contribution in [2.45, 2.75) is 97.3 Å². The van der Waals surface area contributed by atoms with E-state index >= 15 is 0 Å². The predicted octanol–water partition coefficient (Wildman–Crippen LogP) is 4.29. The first kappa shape index (κ1) is 20.6. The molecule has 4 atom stereocenters. The molecule has 3 aliphatic rings. The second kappa shape index (κ2) is 6.19. The highest BCUT2D eigenvalue weighted by Crippen LogP contribution is 2.61. The third-order valence-corrected chi connectivity index (χ3v) is 7.58. The van der Waals surface area contributed by atoms with Crippen molar-refractivity contribution >= 4 is 19.8 Å². The van der Waals surface area contributed by atoms with Gasteiger partial charge >= 0.3 is 5.97 Å². The average molecular weight is 368 g/mol. The van der Waals surface area contributed by atoms with Crippen molar-refractivity contribution < 1.29 is 14.6 Å². The quantitative estimate of drug-likeness (QED) is 0.595. The number of fused-ring (bicyclic) bond motifs is 2. The summed E-state index contributed by atoms with van der Waals surface area (Å²) in [7, 11) is -1.51. The summed E-state index contributed by atoms with van der Waals surface area (Å²) in [5.74, 6) is 0.531. The number of hydrogen-bond acceptors (Lipinski definition) is 4. The van der Waals surface area contributed by atoms with Crippen LogP contribution in [0.3, 0.4) is 0 Å². The van der Waals surface area contributed by atoms with Gasteiger partial charge in [0, 0.05) is 13.8 Å². The average Bonchev–Trinajstić information content (AvgIpc) is 2.35. The summed E-state index contributed by atoms with van der Waals surface area (Å²) in [6, 6.07) is 0.258. The maximum absolute atomic E-state index is 12.8. The van der Waals surface area contributed by atoms with Crippen LogP contribution < -0.4 is 0 Å². The van der Waals surface area contributed by atoms with Gasteiger partial charge in [-0.2, -0.15) is 0 Å². The van der Waals surface area contributed by atoms with E-state index in [0.717, 1.165) is 24.6 Å². The molecule has 0 unspecified atom stereocenters. The smallest absolute Gasteiger partial charge is 0.331 e. The Morgan fingerprint density at radius 1 is 1.32 bits per heavy atom. The highest BCUT2D eigenvalue weighted by molar-refractivity contribution is 6.76. The van der Waals surface area contributed by atoms with Crippen molar-refractivity contribution in [3.8, 4) is 0 Å². The summed E-state index contributed by atoms with van der Waals surface area (Å²) in [5.41, 5.74) is -0.475. The van der Waals surface area contributed by atoms with Crippen LogP contribution in [0, 0.1) is 17.3 Å². The summed E-state index contributed by atoms with van der Waals surface area (Å²) in [6.45, 7) is 18.7. The fourth-order valence-electron chi connectivity index (χ4n) is 4.46. The molecule has 5 heteroatoms. The maximum Gasteiger partial charge on any atom is 0.331 e. The Hall–Kier alpha value is -0.683. The molecule has 0 saturated heterocycles. The molecule has 0 aromatic rings. The summed E-state index contributed by atoms with van der Waals surface area (Å²) in [6.07, 6.45) is 1.85. The lowest BCUT2D eigenvalue weighted by Crippen LogP contribution is -2.65. The fourth-order valence-corrected chi connectivity index (χ4v) is 5.88. The second-order valence-corrected chi connectivity index (χ2v) is 16.6. The number of nitrogens with zero attached hydrogens (tertiary/aromatic N) is 1. The predicted molar refractivity (Wildman–Crippen MR) is 106 cm³/mol. The molecular formula is C20H37NO3Si. The fraction of sp³-hybridized carbons (Fsp3) is 0.900. The SMILES string of the molecule is CC(C)(C)OC(=O)[C@H](C[Si](C)(C)C)/N=C1/C[C@H]2C[C@H](C2(C)C)[C@@]1(C)O. The summed E-state index contributed by atoms with van der Waals surface area (Å²) in [4.78, 5) is 17.6. The molecule has 0 aromatic heterocycles. The molecule has 3 rings (SSSR count). The molecule has 4 nitrogen and oxygen atoms in total. The van der Waals surface area contributed by atoms with E-state index in [1.54, 1.807) is 0 Å². The number of carbonyl (C=O) groups is 1. The number of aliphatic imine (C=N–C) groups is 1. The third-order valence-electron chi connectivity index (χ3n) is 5.97. The van der Waals surface area contributed by atoms with Gasteiger partial charge in [-0.1, -0.05) is 33.5 Å². The lowest BCUT2D eigenvalue weighted by Gasteiger charge is -2.62. The number of esters is 1. The Bertz CT molecular complexity index is 566. The Labute approximate surface area is 154 Å². The molecule has 3 fully saturated rings. The van der Waals surface area contributed by atoms with E-state index in [0.29, 0.717) is 5.92 Å². The Morgan fingerprint density at radius 2 is 1.88 bits per heavy atom. The van der Waals surface area contributed by atoms with E-state index in [9.17, 15) is 9.90 Å². The topological polar surface area (TPSA) is 58.9 Å². The van der Waals surface area contributed by atoms with Crippen LogP contribution in [0.15, 0.2) is 4.99 Å². The first-order chi connectivity index (χ1) is 11.0. The molecular weight excluding hydrogens is 330 g/mol. The number of carbonyl (C=O) groups excluding carboxylic acids is 1. The Balaban J connectivity index is 2.29. The largest absolute Gasteiger partial charge is 0.458 e. The highest BCUT2D eigenvalue weighted by atomic mass is 28.3. The molecule has 144 valence electrons. The number of aliphatic hydroxyl groups is 1. The Morgan fingerprint density at radius 3 is 2.28 bits per heavy atom. The van der Waals surface area contributed by atoms with Crippen LogP contribution in [0.4, 0.5) is 0 Å². The van der Waals surface area contributed by atoms with Crippen LogP contribution in [0.2, 0.25) is 25.7 Å². The van der Waals surface area contributed by atoms with Crippen LogP contribution >= 0.6 is 0 Å². The van der Waals surface area contributed by atoms with Crippen molar-refractivity contribution in [3.05, 3.63) is 0 Å². The number of ether oxygens (including phenoxy) is 1. The van der Waals surface area contributed by atoms with E-state index < -0.39 is 25.3 Å². The zero-order chi connectivity index (χ0) is 19.4. The minimum absolute atomic E-state index is 0.155. The minimum atomic E-state index is -1.51.